The molecule has 0 bridgehead atoms. The van der Waals surface area contributed by atoms with E-state index in [-0.39, 0.29) is 38.4 Å². The summed E-state index contributed by atoms with van der Waals surface area (Å²) >= 11 is 0. The molecule has 298 valence electrons. The van der Waals surface area contributed by atoms with Crippen molar-refractivity contribution in [3.63, 3.8) is 0 Å². The molecule has 0 saturated carbocycles. The van der Waals surface area contributed by atoms with E-state index >= 15 is 0 Å². The molecule has 3 rings (SSSR count). The van der Waals surface area contributed by atoms with Gasteiger partial charge in [-0.25, -0.2) is 0 Å². The van der Waals surface area contributed by atoms with Gasteiger partial charge >= 0.3 is 11.9 Å². The number of esters is 2. The summed E-state index contributed by atoms with van der Waals surface area (Å²) in [6.45, 7) is 21.4. The lowest BCUT2D eigenvalue weighted by atomic mass is 9.97. The van der Waals surface area contributed by atoms with E-state index < -0.39 is 12.2 Å². The van der Waals surface area contributed by atoms with Crippen LogP contribution in [0.4, 0.5) is 0 Å². The number of carbonyl (C=O) groups is 2. The minimum Gasteiger partial charge on any atom is -0.488 e. The lowest BCUT2D eigenvalue weighted by Gasteiger charge is -2.23. The second-order valence-corrected chi connectivity index (χ2v) is 14.9. The van der Waals surface area contributed by atoms with Gasteiger partial charge in [0.2, 0.25) is 0 Å². The fourth-order valence-electron chi connectivity index (χ4n) is 6.24. The van der Waals surface area contributed by atoms with Gasteiger partial charge in [-0.05, 0) is 52.7 Å². The molecule has 8 nitrogen and oxygen atoms in total. The molecule has 0 amide bonds. The summed E-state index contributed by atoms with van der Waals surface area (Å²) in [5.74, 6) is 0.852. The minimum absolute atomic E-state index is 0.112. The molecule has 8 heteroatoms. The number of hydrogen-bond acceptors (Lipinski definition) is 8. The van der Waals surface area contributed by atoms with Crippen LogP contribution in [0.5, 0.6) is 11.5 Å². The Morgan fingerprint density at radius 2 is 0.944 bits per heavy atom. The fourth-order valence-corrected chi connectivity index (χ4v) is 6.24. The van der Waals surface area contributed by atoms with E-state index in [2.05, 4.69) is 39.1 Å². The van der Waals surface area contributed by atoms with Gasteiger partial charge in [0.25, 0.3) is 0 Å². The summed E-state index contributed by atoms with van der Waals surface area (Å²) in [5, 5.41) is 3.45. The lowest BCUT2D eigenvalue weighted by molar-refractivity contribution is -0.154. The maximum Gasteiger partial charge on any atom is 0.306 e. The summed E-state index contributed by atoms with van der Waals surface area (Å²) in [6, 6.07) is 12.3. The van der Waals surface area contributed by atoms with E-state index in [4.69, 9.17) is 28.4 Å². The molecule has 54 heavy (non-hydrogen) atoms. The van der Waals surface area contributed by atoms with Crippen LogP contribution in [0.2, 0.25) is 0 Å². The highest BCUT2D eigenvalue weighted by atomic mass is 16.6. The first kappa shape index (κ1) is 44.5. The maximum absolute atomic E-state index is 12.9. The number of ether oxygens (including phenoxy) is 6. The van der Waals surface area contributed by atoms with Crippen molar-refractivity contribution in [2.45, 2.75) is 131 Å². The van der Waals surface area contributed by atoms with Crippen molar-refractivity contribution < 1.29 is 38.0 Å². The van der Waals surface area contributed by atoms with E-state index in [0.717, 1.165) is 95.2 Å². The van der Waals surface area contributed by atoms with Crippen LogP contribution in [-0.4, -0.2) is 63.8 Å². The number of unbranched alkanes of at least 4 members (excludes halogenated alkanes) is 8. The Kier molecular flexibility index (Phi) is 20.2. The SMILES string of the molecule is C=C(C)COCC(COc1c2ccc(C)cc2c(OCC(COCC(=C)C)OC(=O)CCCCCCC)c2ccc(C)cc12)OC(=O)CCCCCCC. The minimum atomic E-state index is -0.606. The van der Waals surface area contributed by atoms with Crippen LogP contribution >= 0.6 is 0 Å². The van der Waals surface area contributed by atoms with Crippen LogP contribution in [0.25, 0.3) is 21.5 Å². The smallest absolute Gasteiger partial charge is 0.306 e. The average molecular weight is 747 g/mol. The van der Waals surface area contributed by atoms with Gasteiger partial charge in [0.15, 0.2) is 12.2 Å². The third-order valence-electron chi connectivity index (χ3n) is 9.03. The van der Waals surface area contributed by atoms with Crippen LogP contribution in [0, 0.1) is 13.8 Å². The van der Waals surface area contributed by atoms with Crippen molar-refractivity contribution in [1.82, 2.24) is 0 Å². The molecule has 0 aliphatic heterocycles. The van der Waals surface area contributed by atoms with Crippen molar-refractivity contribution in [3.8, 4) is 11.5 Å². The summed E-state index contributed by atoms with van der Waals surface area (Å²) in [4.78, 5) is 25.8. The van der Waals surface area contributed by atoms with E-state index in [1.807, 2.05) is 52.0 Å². The Morgan fingerprint density at radius 1 is 0.556 bits per heavy atom. The van der Waals surface area contributed by atoms with E-state index in [0.29, 0.717) is 37.6 Å². The number of benzene rings is 3. The zero-order chi connectivity index (χ0) is 39.3. The Labute approximate surface area is 324 Å². The highest BCUT2D eigenvalue weighted by Gasteiger charge is 2.23. The molecule has 0 saturated heterocycles. The first-order chi connectivity index (χ1) is 26.0. The molecule has 0 radical (unpaired) electrons. The molecule has 2 atom stereocenters. The highest BCUT2D eigenvalue weighted by Crippen LogP contribution is 2.43. The quantitative estimate of drug-likeness (QED) is 0.0314. The number of rotatable bonds is 28. The fraction of sp³-hybridized carbons (Fsp3) is 0.565. The van der Waals surface area contributed by atoms with Gasteiger partial charge in [0.05, 0.1) is 26.4 Å². The number of carbonyl (C=O) groups excluding carboxylic acids is 2. The number of hydrogen-bond donors (Lipinski definition) is 0. The lowest BCUT2D eigenvalue weighted by Crippen LogP contribution is -2.30. The van der Waals surface area contributed by atoms with Crippen molar-refractivity contribution in [2.24, 2.45) is 0 Å². The van der Waals surface area contributed by atoms with Gasteiger partial charge in [-0.1, -0.05) is 125 Å². The third-order valence-corrected chi connectivity index (χ3v) is 9.03. The molecule has 3 aromatic rings. The predicted molar refractivity (Wildman–Crippen MR) is 220 cm³/mol. The summed E-state index contributed by atoms with van der Waals surface area (Å²) in [5.41, 5.74) is 3.88. The van der Waals surface area contributed by atoms with Crippen LogP contribution in [0.3, 0.4) is 0 Å². The largest absolute Gasteiger partial charge is 0.488 e. The van der Waals surface area contributed by atoms with Gasteiger partial charge < -0.3 is 28.4 Å². The standard InChI is InChI=1S/C46H66O8/c1-9-11-13-15-17-19-43(47)53-37(29-49-27-33(3)4)31-51-45-39-23-21-36(8)26-42(39)46(40-24-22-35(7)25-41(40)45)52-32-38(30-50-28-34(5)6)54-44(48)20-18-16-14-12-10-2/h21-26,37-38H,3,5,9-20,27-32H2,1-2,4,6-8H3. The molecule has 0 aliphatic carbocycles. The summed E-state index contributed by atoms with van der Waals surface area (Å²) in [6.07, 6.45) is 10.0. The zero-order valence-corrected chi connectivity index (χ0v) is 34.0. The van der Waals surface area contributed by atoms with Gasteiger partial charge in [0, 0.05) is 34.4 Å². The van der Waals surface area contributed by atoms with Crippen LogP contribution in [0.1, 0.15) is 116 Å². The summed E-state index contributed by atoms with van der Waals surface area (Å²) < 4.78 is 36.9. The first-order valence-corrected chi connectivity index (χ1v) is 20.1. The zero-order valence-electron chi connectivity index (χ0n) is 34.0. The van der Waals surface area contributed by atoms with Crippen molar-refractivity contribution in [2.75, 3.05) is 39.6 Å². The van der Waals surface area contributed by atoms with Gasteiger partial charge in [-0.3, -0.25) is 9.59 Å². The molecule has 0 heterocycles. The molecule has 0 N–H and O–H groups in total. The van der Waals surface area contributed by atoms with Gasteiger partial charge in [-0.2, -0.15) is 0 Å². The van der Waals surface area contributed by atoms with Crippen LogP contribution in [-0.2, 0) is 28.5 Å². The molecular weight excluding hydrogens is 680 g/mol. The maximum atomic E-state index is 12.9. The third kappa shape index (κ3) is 15.8. The molecular formula is C46H66O8. The van der Waals surface area contributed by atoms with Crippen molar-refractivity contribution in [3.05, 3.63) is 71.8 Å². The van der Waals surface area contributed by atoms with Crippen LogP contribution in [0.15, 0.2) is 60.7 Å². The second kappa shape index (κ2) is 24.5. The number of aryl methyl sites for hydroxylation is 2. The normalized spacial score (nSPS) is 12.4. The molecule has 0 fully saturated rings. The Balaban J connectivity index is 1.90. The monoisotopic (exact) mass is 746 g/mol. The van der Waals surface area contributed by atoms with Gasteiger partial charge in [-0.15, -0.1) is 0 Å². The highest BCUT2D eigenvalue weighted by molar-refractivity contribution is 6.11. The Hall–Kier alpha value is -3.88. The molecule has 3 aromatic carbocycles. The van der Waals surface area contributed by atoms with Crippen molar-refractivity contribution in [1.29, 1.82) is 0 Å². The van der Waals surface area contributed by atoms with Gasteiger partial charge in [0.1, 0.15) is 24.7 Å². The van der Waals surface area contributed by atoms with Crippen LogP contribution < -0.4 is 9.47 Å². The predicted octanol–water partition coefficient (Wildman–Crippen LogP) is 11.1. The van der Waals surface area contributed by atoms with E-state index in [1.165, 1.54) is 12.8 Å². The van der Waals surface area contributed by atoms with Crippen molar-refractivity contribution >= 4 is 33.5 Å². The molecule has 0 aromatic heterocycles. The second-order valence-electron chi connectivity index (χ2n) is 14.9. The molecule has 0 aliphatic rings. The average Bonchev–Trinajstić information content (AvgIpc) is 3.12. The topological polar surface area (TPSA) is 89.5 Å². The first-order valence-electron chi connectivity index (χ1n) is 20.1. The molecule has 2 unspecified atom stereocenters. The molecule has 0 spiro atoms. The number of fused-ring (bicyclic) bond motifs is 2. The van der Waals surface area contributed by atoms with E-state index in [1.54, 1.807) is 0 Å². The Morgan fingerprint density at radius 3 is 1.31 bits per heavy atom. The Bertz CT molecular complexity index is 1520. The van der Waals surface area contributed by atoms with E-state index in [9.17, 15) is 9.59 Å². The summed E-state index contributed by atoms with van der Waals surface area (Å²) in [7, 11) is 0.